The van der Waals surface area contributed by atoms with Gasteiger partial charge in [0.1, 0.15) is 0 Å². The second kappa shape index (κ2) is 6.67. The highest BCUT2D eigenvalue weighted by atomic mass is 14.9. The number of pyridine rings is 1. The summed E-state index contributed by atoms with van der Waals surface area (Å²) in [5.41, 5.74) is 6.51. The Morgan fingerprint density at radius 3 is 2.60 bits per heavy atom. The van der Waals surface area contributed by atoms with Gasteiger partial charge in [-0.15, -0.1) is 0 Å². The maximum absolute atomic E-state index is 4.29. The Kier molecular flexibility index (Phi) is 4.91. The topological polar surface area (TPSA) is 24.9 Å². The van der Waals surface area contributed by atoms with Crippen LogP contribution >= 0.6 is 0 Å². The molecule has 2 rings (SSSR count). The van der Waals surface area contributed by atoms with Crippen LogP contribution in [-0.4, -0.2) is 11.5 Å². The molecule has 1 unspecified atom stereocenters. The molecule has 1 aromatic carbocycles. The molecule has 0 aliphatic carbocycles. The summed E-state index contributed by atoms with van der Waals surface area (Å²) in [7, 11) is 0. The van der Waals surface area contributed by atoms with E-state index in [-0.39, 0.29) is 0 Å². The van der Waals surface area contributed by atoms with Gasteiger partial charge in [-0.1, -0.05) is 30.7 Å². The summed E-state index contributed by atoms with van der Waals surface area (Å²) in [6.07, 6.45) is 2.92. The number of hydrogen-bond donors (Lipinski definition) is 1. The van der Waals surface area contributed by atoms with Crippen molar-refractivity contribution in [2.75, 3.05) is 6.54 Å². The number of aryl methyl sites for hydroxylation is 3. The van der Waals surface area contributed by atoms with Gasteiger partial charge in [0.25, 0.3) is 0 Å². The molecule has 1 N–H and O–H groups in total. The summed E-state index contributed by atoms with van der Waals surface area (Å²) in [5, 5.41) is 3.59. The highest BCUT2D eigenvalue weighted by Crippen LogP contribution is 2.21. The normalized spacial score (nSPS) is 12.4. The maximum atomic E-state index is 4.29. The summed E-state index contributed by atoms with van der Waals surface area (Å²) >= 11 is 0. The number of nitrogens with zero attached hydrogens (tertiary/aromatic N) is 1. The third-order valence-corrected chi connectivity index (χ3v) is 3.70. The third-order valence-electron chi connectivity index (χ3n) is 3.70. The molecule has 1 aromatic heterocycles. The molecule has 0 saturated heterocycles. The van der Waals surface area contributed by atoms with E-state index in [2.05, 4.69) is 61.4 Å². The molecule has 1 heterocycles. The predicted molar refractivity (Wildman–Crippen MR) is 85.0 cm³/mol. The minimum absolute atomic E-state index is 0.349. The molecule has 0 fully saturated rings. The fourth-order valence-corrected chi connectivity index (χ4v) is 2.58. The number of benzene rings is 1. The molecule has 20 heavy (non-hydrogen) atoms. The summed E-state index contributed by atoms with van der Waals surface area (Å²) in [6.45, 7) is 9.52. The molecule has 0 bridgehead atoms. The van der Waals surface area contributed by atoms with Crippen molar-refractivity contribution < 1.29 is 0 Å². The molecule has 0 saturated carbocycles. The lowest BCUT2D eigenvalue weighted by Crippen LogP contribution is -2.23. The predicted octanol–water partition coefficient (Wildman–Crippen LogP) is 3.90. The zero-order valence-electron chi connectivity index (χ0n) is 12.9. The first-order chi connectivity index (χ1) is 9.60. The van der Waals surface area contributed by atoms with Gasteiger partial charge in [0, 0.05) is 17.9 Å². The van der Waals surface area contributed by atoms with Crippen LogP contribution < -0.4 is 5.32 Å². The van der Waals surface area contributed by atoms with Crippen molar-refractivity contribution >= 4 is 0 Å². The van der Waals surface area contributed by atoms with Crippen LogP contribution in [0, 0.1) is 20.8 Å². The van der Waals surface area contributed by atoms with E-state index in [9.17, 15) is 0 Å². The van der Waals surface area contributed by atoms with Crippen LogP contribution in [0.15, 0.2) is 36.5 Å². The standard InChI is InChI=1S/C18H24N2/c1-5-19-18(16-8-9-20-15(4)11-16)12-17-10-13(2)6-7-14(17)3/h6-11,18-19H,5,12H2,1-4H3. The van der Waals surface area contributed by atoms with Crippen LogP contribution in [0.4, 0.5) is 0 Å². The van der Waals surface area contributed by atoms with Crippen LogP contribution in [-0.2, 0) is 6.42 Å². The van der Waals surface area contributed by atoms with Crippen molar-refractivity contribution in [3.05, 3.63) is 64.5 Å². The molecule has 0 aliphatic rings. The largest absolute Gasteiger partial charge is 0.310 e. The second-order valence-corrected chi connectivity index (χ2v) is 5.47. The van der Waals surface area contributed by atoms with Gasteiger partial charge in [-0.05, 0) is 62.6 Å². The van der Waals surface area contributed by atoms with Gasteiger partial charge >= 0.3 is 0 Å². The van der Waals surface area contributed by atoms with Gasteiger partial charge in [0.05, 0.1) is 0 Å². The van der Waals surface area contributed by atoms with Crippen LogP contribution in [0.1, 0.15) is 40.9 Å². The first-order valence-corrected chi connectivity index (χ1v) is 7.32. The molecule has 2 aromatic rings. The lowest BCUT2D eigenvalue weighted by molar-refractivity contribution is 0.547. The minimum atomic E-state index is 0.349. The van der Waals surface area contributed by atoms with Crippen molar-refractivity contribution in [2.45, 2.75) is 40.2 Å². The van der Waals surface area contributed by atoms with Gasteiger partial charge in [0.15, 0.2) is 0 Å². The first-order valence-electron chi connectivity index (χ1n) is 7.32. The third kappa shape index (κ3) is 3.67. The lowest BCUT2D eigenvalue weighted by Gasteiger charge is -2.20. The van der Waals surface area contributed by atoms with E-state index < -0.39 is 0 Å². The van der Waals surface area contributed by atoms with Gasteiger partial charge in [-0.2, -0.15) is 0 Å². The van der Waals surface area contributed by atoms with E-state index in [1.165, 1.54) is 22.3 Å². The molecule has 0 spiro atoms. The summed E-state index contributed by atoms with van der Waals surface area (Å²) < 4.78 is 0. The Morgan fingerprint density at radius 2 is 1.90 bits per heavy atom. The Balaban J connectivity index is 2.27. The number of aromatic nitrogens is 1. The van der Waals surface area contributed by atoms with Crippen LogP contribution in [0.5, 0.6) is 0 Å². The average Bonchev–Trinajstić information content (AvgIpc) is 2.42. The molecule has 2 heteroatoms. The zero-order valence-corrected chi connectivity index (χ0v) is 12.9. The fourth-order valence-electron chi connectivity index (χ4n) is 2.58. The van der Waals surface area contributed by atoms with Crippen molar-refractivity contribution in [1.82, 2.24) is 10.3 Å². The minimum Gasteiger partial charge on any atom is -0.310 e. The van der Waals surface area contributed by atoms with Crippen LogP contribution in [0.3, 0.4) is 0 Å². The number of likely N-dealkylation sites (N-methyl/N-ethyl adjacent to an activating group) is 1. The van der Waals surface area contributed by atoms with Gasteiger partial charge < -0.3 is 5.32 Å². The number of hydrogen-bond acceptors (Lipinski definition) is 2. The summed E-state index contributed by atoms with van der Waals surface area (Å²) in [6, 6.07) is 11.3. The van der Waals surface area contributed by atoms with Crippen molar-refractivity contribution in [3.63, 3.8) is 0 Å². The van der Waals surface area contributed by atoms with Crippen molar-refractivity contribution in [2.24, 2.45) is 0 Å². The molecule has 0 aliphatic heterocycles. The monoisotopic (exact) mass is 268 g/mol. The lowest BCUT2D eigenvalue weighted by atomic mass is 9.95. The smallest absolute Gasteiger partial charge is 0.0375 e. The van der Waals surface area contributed by atoms with Crippen LogP contribution in [0.2, 0.25) is 0 Å². The summed E-state index contributed by atoms with van der Waals surface area (Å²) in [4.78, 5) is 4.29. The second-order valence-electron chi connectivity index (χ2n) is 5.47. The Hall–Kier alpha value is -1.67. The summed E-state index contributed by atoms with van der Waals surface area (Å²) in [5.74, 6) is 0. The van der Waals surface area contributed by atoms with E-state index in [0.717, 1.165) is 18.7 Å². The quantitative estimate of drug-likeness (QED) is 0.889. The fraction of sp³-hybridized carbons (Fsp3) is 0.389. The maximum Gasteiger partial charge on any atom is 0.0375 e. The van der Waals surface area contributed by atoms with Gasteiger partial charge in [-0.3, -0.25) is 4.98 Å². The van der Waals surface area contributed by atoms with E-state index in [0.29, 0.717) is 6.04 Å². The molecule has 2 nitrogen and oxygen atoms in total. The highest BCUT2D eigenvalue weighted by molar-refractivity contribution is 5.33. The van der Waals surface area contributed by atoms with Gasteiger partial charge in [0.2, 0.25) is 0 Å². The molecular formula is C18H24N2. The van der Waals surface area contributed by atoms with Crippen molar-refractivity contribution in [1.29, 1.82) is 0 Å². The highest BCUT2D eigenvalue weighted by Gasteiger charge is 2.13. The molecule has 0 amide bonds. The molecule has 1 atom stereocenters. The number of rotatable bonds is 5. The SMILES string of the molecule is CCNC(Cc1cc(C)ccc1C)c1ccnc(C)c1. The van der Waals surface area contributed by atoms with E-state index in [1.807, 2.05) is 13.1 Å². The molecule has 106 valence electrons. The Bertz CT molecular complexity index is 575. The Morgan fingerprint density at radius 1 is 1.10 bits per heavy atom. The van der Waals surface area contributed by atoms with E-state index in [1.54, 1.807) is 0 Å². The van der Waals surface area contributed by atoms with E-state index in [4.69, 9.17) is 0 Å². The molecule has 0 radical (unpaired) electrons. The molecular weight excluding hydrogens is 244 g/mol. The average molecular weight is 268 g/mol. The first kappa shape index (κ1) is 14.7. The van der Waals surface area contributed by atoms with Crippen LogP contribution in [0.25, 0.3) is 0 Å². The van der Waals surface area contributed by atoms with Crippen molar-refractivity contribution in [3.8, 4) is 0 Å². The Labute approximate surface area is 122 Å². The number of nitrogens with one attached hydrogen (secondary N) is 1. The van der Waals surface area contributed by atoms with Gasteiger partial charge in [-0.25, -0.2) is 0 Å². The van der Waals surface area contributed by atoms with E-state index >= 15 is 0 Å². The zero-order chi connectivity index (χ0) is 14.5.